The van der Waals surface area contributed by atoms with Crippen LogP contribution in [0.3, 0.4) is 0 Å². The summed E-state index contributed by atoms with van der Waals surface area (Å²) in [5, 5.41) is 8.86. The second kappa shape index (κ2) is 3.77. The molecule has 1 aromatic carbocycles. The van der Waals surface area contributed by atoms with E-state index in [4.69, 9.17) is 5.11 Å². The zero-order valence-electron chi connectivity index (χ0n) is 9.39. The number of anilines is 1. The smallest absolute Gasteiger partial charge is 0.307 e. The molecule has 2 aliphatic heterocycles. The van der Waals surface area contributed by atoms with Crippen LogP contribution in [0.4, 0.5) is 5.69 Å². The average Bonchev–Trinajstić information content (AvgIpc) is 2.28. The van der Waals surface area contributed by atoms with E-state index in [9.17, 15) is 4.79 Å². The van der Waals surface area contributed by atoms with Crippen molar-refractivity contribution in [3.63, 3.8) is 0 Å². The summed E-state index contributed by atoms with van der Waals surface area (Å²) in [5.74, 6) is -0.778. The van der Waals surface area contributed by atoms with Crippen LogP contribution in [-0.2, 0) is 17.6 Å². The standard InChI is InChI=1S/C14H13NO2/c16-13(17)9-10-7-11-3-1-5-15-6-2-4-12(8-10)14(11)15/h1-3,6-8H,4-5,9H2,(H,16,17). The molecular formula is C14H13NO2. The fourth-order valence-corrected chi connectivity index (χ4v) is 2.52. The first-order chi connectivity index (χ1) is 8.24. The van der Waals surface area contributed by atoms with E-state index in [-0.39, 0.29) is 6.42 Å². The number of carboxylic acid groups (broad SMARTS) is 1. The van der Waals surface area contributed by atoms with Crippen molar-refractivity contribution in [1.29, 1.82) is 0 Å². The molecule has 0 amide bonds. The summed E-state index contributed by atoms with van der Waals surface area (Å²) >= 11 is 0. The third kappa shape index (κ3) is 1.73. The van der Waals surface area contributed by atoms with Crippen molar-refractivity contribution in [2.45, 2.75) is 12.8 Å². The number of rotatable bonds is 2. The van der Waals surface area contributed by atoms with Gasteiger partial charge in [0.05, 0.1) is 12.1 Å². The molecule has 0 spiro atoms. The fourth-order valence-electron chi connectivity index (χ4n) is 2.52. The van der Waals surface area contributed by atoms with Gasteiger partial charge < -0.3 is 10.0 Å². The van der Waals surface area contributed by atoms with Crippen LogP contribution >= 0.6 is 0 Å². The first-order valence-electron chi connectivity index (χ1n) is 5.71. The highest BCUT2D eigenvalue weighted by Crippen LogP contribution is 2.34. The Morgan fingerprint density at radius 2 is 2.24 bits per heavy atom. The number of allylic oxidation sites excluding steroid dienone is 1. The molecule has 0 saturated heterocycles. The van der Waals surface area contributed by atoms with Crippen molar-refractivity contribution in [2.75, 3.05) is 11.4 Å². The molecule has 1 N–H and O–H groups in total. The van der Waals surface area contributed by atoms with Crippen LogP contribution in [-0.4, -0.2) is 17.6 Å². The van der Waals surface area contributed by atoms with E-state index < -0.39 is 5.97 Å². The van der Waals surface area contributed by atoms with E-state index >= 15 is 0 Å². The summed E-state index contributed by atoms with van der Waals surface area (Å²) in [6.45, 7) is 0.898. The predicted octanol–water partition coefficient (Wildman–Crippen LogP) is 2.22. The molecule has 3 nitrogen and oxygen atoms in total. The van der Waals surface area contributed by atoms with Crippen LogP contribution in [0, 0.1) is 0 Å². The molecule has 3 rings (SSSR count). The third-order valence-corrected chi connectivity index (χ3v) is 3.14. The summed E-state index contributed by atoms with van der Waals surface area (Å²) in [5.41, 5.74) is 4.48. The second-order valence-electron chi connectivity index (χ2n) is 4.41. The van der Waals surface area contributed by atoms with Crippen LogP contribution in [0.15, 0.2) is 30.5 Å². The number of carbonyl (C=O) groups is 1. The summed E-state index contributed by atoms with van der Waals surface area (Å²) in [4.78, 5) is 13.0. The molecule has 0 atom stereocenters. The Labute approximate surface area is 99.7 Å². The number of nitrogens with zero attached hydrogens (tertiary/aromatic N) is 1. The van der Waals surface area contributed by atoms with E-state index in [0.717, 1.165) is 24.1 Å². The van der Waals surface area contributed by atoms with Crippen molar-refractivity contribution < 1.29 is 9.90 Å². The summed E-state index contributed by atoms with van der Waals surface area (Å²) in [7, 11) is 0. The van der Waals surface area contributed by atoms with Gasteiger partial charge in [-0.25, -0.2) is 0 Å². The van der Waals surface area contributed by atoms with E-state index in [1.807, 2.05) is 12.1 Å². The SMILES string of the molecule is O=C(O)Cc1cc2c3c(c1)CC=CN3CC=C2. The highest BCUT2D eigenvalue weighted by molar-refractivity contribution is 5.79. The van der Waals surface area contributed by atoms with Crippen molar-refractivity contribution >= 4 is 17.7 Å². The Kier molecular flexibility index (Phi) is 2.25. The Balaban J connectivity index is 2.11. The van der Waals surface area contributed by atoms with Gasteiger partial charge >= 0.3 is 5.97 Å². The highest BCUT2D eigenvalue weighted by atomic mass is 16.4. The summed E-state index contributed by atoms with van der Waals surface area (Å²) in [6, 6.07) is 4.00. The van der Waals surface area contributed by atoms with Gasteiger partial charge in [-0.15, -0.1) is 0 Å². The Bertz CT molecular complexity index is 543. The largest absolute Gasteiger partial charge is 0.481 e. The van der Waals surface area contributed by atoms with Crippen molar-refractivity contribution in [3.05, 3.63) is 47.2 Å². The van der Waals surface area contributed by atoms with Crippen molar-refractivity contribution in [3.8, 4) is 0 Å². The minimum absolute atomic E-state index is 0.0951. The fraction of sp³-hybridized carbons (Fsp3) is 0.214. The molecule has 0 radical (unpaired) electrons. The zero-order chi connectivity index (χ0) is 11.8. The average molecular weight is 227 g/mol. The first kappa shape index (κ1) is 10.1. The molecule has 17 heavy (non-hydrogen) atoms. The molecular weight excluding hydrogens is 214 g/mol. The lowest BCUT2D eigenvalue weighted by Crippen LogP contribution is -2.23. The quantitative estimate of drug-likeness (QED) is 0.842. The minimum atomic E-state index is -0.778. The van der Waals surface area contributed by atoms with Crippen LogP contribution in [0.1, 0.15) is 16.7 Å². The maximum Gasteiger partial charge on any atom is 0.307 e. The molecule has 2 aliphatic rings. The molecule has 86 valence electrons. The van der Waals surface area contributed by atoms with E-state index in [1.165, 1.54) is 11.3 Å². The molecule has 1 aromatic rings. The van der Waals surface area contributed by atoms with Crippen LogP contribution in [0.25, 0.3) is 6.08 Å². The maximum absolute atomic E-state index is 10.8. The monoisotopic (exact) mass is 227 g/mol. The van der Waals surface area contributed by atoms with Crippen molar-refractivity contribution in [1.82, 2.24) is 0 Å². The molecule has 3 heteroatoms. The van der Waals surface area contributed by atoms with E-state index in [0.29, 0.717) is 0 Å². The van der Waals surface area contributed by atoms with E-state index in [2.05, 4.69) is 29.3 Å². The lowest BCUT2D eigenvalue weighted by atomic mass is 9.94. The first-order valence-corrected chi connectivity index (χ1v) is 5.71. The van der Waals surface area contributed by atoms with Gasteiger partial charge in [0.2, 0.25) is 0 Å². The topological polar surface area (TPSA) is 40.5 Å². The van der Waals surface area contributed by atoms with Gasteiger partial charge in [0.25, 0.3) is 0 Å². The molecule has 0 bridgehead atoms. The van der Waals surface area contributed by atoms with E-state index in [1.54, 1.807) is 0 Å². The predicted molar refractivity (Wildman–Crippen MR) is 67.0 cm³/mol. The van der Waals surface area contributed by atoms with Gasteiger partial charge in [-0.2, -0.15) is 0 Å². The minimum Gasteiger partial charge on any atom is -0.481 e. The van der Waals surface area contributed by atoms with Gasteiger partial charge in [0.15, 0.2) is 0 Å². The lowest BCUT2D eigenvalue weighted by molar-refractivity contribution is -0.136. The van der Waals surface area contributed by atoms with Gasteiger partial charge in [0, 0.05) is 12.7 Å². The molecule has 0 aromatic heterocycles. The van der Waals surface area contributed by atoms with Gasteiger partial charge in [-0.05, 0) is 29.2 Å². The number of carboxylic acids is 1. The third-order valence-electron chi connectivity index (χ3n) is 3.14. The van der Waals surface area contributed by atoms with Crippen molar-refractivity contribution in [2.24, 2.45) is 0 Å². The number of hydrogen-bond donors (Lipinski definition) is 1. The molecule has 0 fully saturated rings. The Morgan fingerprint density at radius 3 is 3.06 bits per heavy atom. The molecule has 0 aliphatic carbocycles. The van der Waals surface area contributed by atoms with Gasteiger partial charge in [0.1, 0.15) is 0 Å². The second-order valence-corrected chi connectivity index (χ2v) is 4.41. The maximum atomic E-state index is 10.8. The van der Waals surface area contributed by atoms with Gasteiger partial charge in [-0.1, -0.05) is 24.3 Å². The van der Waals surface area contributed by atoms with Crippen LogP contribution in [0.2, 0.25) is 0 Å². The highest BCUT2D eigenvalue weighted by Gasteiger charge is 2.19. The zero-order valence-corrected chi connectivity index (χ0v) is 9.39. The molecule has 0 unspecified atom stereocenters. The summed E-state index contributed by atoms with van der Waals surface area (Å²) < 4.78 is 0. The lowest BCUT2D eigenvalue weighted by Gasteiger charge is -2.30. The van der Waals surface area contributed by atoms with Gasteiger partial charge in [-0.3, -0.25) is 4.79 Å². The normalized spacial score (nSPS) is 15.9. The number of benzene rings is 1. The van der Waals surface area contributed by atoms with Crippen LogP contribution in [0.5, 0.6) is 0 Å². The Morgan fingerprint density at radius 1 is 1.35 bits per heavy atom. The molecule has 2 heterocycles. The summed E-state index contributed by atoms with van der Waals surface area (Å²) in [6.07, 6.45) is 9.39. The molecule has 0 saturated carbocycles. The Hall–Kier alpha value is -2.03. The number of aliphatic carboxylic acids is 1. The van der Waals surface area contributed by atoms with Crippen LogP contribution < -0.4 is 4.90 Å². The number of hydrogen-bond acceptors (Lipinski definition) is 2.